The molecular formula is C18H16O3. The predicted molar refractivity (Wildman–Crippen MR) is 79.3 cm³/mol. The van der Waals surface area contributed by atoms with E-state index in [1.165, 1.54) is 0 Å². The topological polar surface area (TPSA) is 35.5 Å². The summed E-state index contributed by atoms with van der Waals surface area (Å²) < 4.78 is 11.2. The lowest BCUT2D eigenvalue weighted by Gasteiger charge is -2.18. The standard InChI is InChI=1S/C18H16O3/c19-18(15-11-21-17-6-2-1-5-14(15)17)13-7-8-16-12(10-13)4-3-9-20-16/h1-2,5-8,10,15H,3-4,9,11H2. The zero-order chi connectivity index (χ0) is 14.2. The largest absolute Gasteiger partial charge is 0.493 e. The van der Waals surface area contributed by atoms with Gasteiger partial charge >= 0.3 is 0 Å². The normalized spacial score (nSPS) is 19.1. The van der Waals surface area contributed by atoms with Crippen molar-refractivity contribution in [3.8, 4) is 11.5 Å². The van der Waals surface area contributed by atoms with E-state index in [4.69, 9.17) is 9.47 Å². The maximum atomic E-state index is 12.8. The number of ketones is 1. The van der Waals surface area contributed by atoms with E-state index in [0.29, 0.717) is 6.61 Å². The Morgan fingerprint density at radius 3 is 2.90 bits per heavy atom. The highest BCUT2D eigenvalue weighted by atomic mass is 16.5. The highest BCUT2D eigenvalue weighted by molar-refractivity contribution is 6.02. The average Bonchev–Trinajstić information content (AvgIpc) is 2.98. The minimum absolute atomic E-state index is 0.133. The molecule has 2 aliphatic rings. The van der Waals surface area contributed by atoms with Crippen LogP contribution in [0.2, 0.25) is 0 Å². The molecule has 2 aromatic carbocycles. The number of carbonyl (C=O) groups is 1. The molecule has 0 spiro atoms. The summed E-state index contributed by atoms with van der Waals surface area (Å²) in [5.41, 5.74) is 2.89. The van der Waals surface area contributed by atoms with Gasteiger partial charge in [-0.1, -0.05) is 18.2 Å². The van der Waals surface area contributed by atoms with Gasteiger partial charge in [-0.15, -0.1) is 0 Å². The van der Waals surface area contributed by atoms with E-state index in [2.05, 4.69) is 0 Å². The van der Waals surface area contributed by atoms with Crippen LogP contribution in [0.1, 0.15) is 33.8 Å². The first-order chi connectivity index (χ1) is 10.3. The fourth-order valence-corrected chi connectivity index (χ4v) is 3.09. The highest BCUT2D eigenvalue weighted by Crippen LogP contribution is 2.36. The summed E-state index contributed by atoms with van der Waals surface area (Å²) >= 11 is 0. The monoisotopic (exact) mass is 280 g/mol. The minimum Gasteiger partial charge on any atom is -0.493 e. The molecule has 1 unspecified atom stereocenters. The molecule has 3 nitrogen and oxygen atoms in total. The number of para-hydroxylation sites is 1. The van der Waals surface area contributed by atoms with E-state index in [9.17, 15) is 4.79 Å². The van der Waals surface area contributed by atoms with E-state index in [1.807, 2.05) is 42.5 Å². The van der Waals surface area contributed by atoms with Gasteiger partial charge in [0.05, 0.1) is 12.5 Å². The van der Waals surface area contributed by atoms with Crippen LogP contribution in [0.5, 0.6) is 11.5 Å². The maximum Gasteiger partial charge on any atom is 0.173 e. The molecule has 0 bridgehead atoms. The number of hydrogen-bond acceptors (Lipinski definition) is 3. The molecule has 3 heteroatoms. The summed E-state index contributed by atoms with van der Waals surface area (Å²) in [6.45, 7) is 1.20. The van der Waals surface area contributed by atoms with Gasteiger partial charge in [-0.25, -0.2) is 0 Å². The van der Waals surface area contributed by atoms with Gasteiger partial charge in [-0.2, -0.15) is 0 Å². The van der Waals surface area contributed by atoms with E-state index in [-0.39, 0.29) is 11.7 Å². The Morgan fingerprint density at radius 1 is 1.05 bits per heavy atom. The van der Waals surface area contributed by atoms with Gasteiger partial charge in [0.2, 0.25) is 0 Å². The van der Waals surface area contributed by atoms with Crippen LogP contribution in [0.25, 0.3) is 0 Å². The lowest BCUT2D eigenvalue weighted by atomic mass is 9.91. The third kappa shape index (κ3) is 2.09. The van der Waals surface area contributed by atoms with Crippen molar-refractivity contribution in [2.45, 2.75) is 18.8 Å². The Kier molecular flexibility index (Phi) is 2.92. The number of aryl methyl sites for hydroxylation is 1. The van der Waals surface area contributed by atoms with Crippen LogP contribution in [-0.4, -0.2) is 19.0 Å². The van der Waals surface area contributed by atoms with Crippen molar-refractivity contribution in [1.82, 2.24) is 0 Å². The smallest absolute Gasteiger partial charge is 0.173 e. The van der Waals surface area contributed by atoms with E-state index < -0.39 is 0 Å². The second-order valence-electron chi connectivity index (χ2n) is 5.54. The summed E-state index contributed by atoms with van der Waals surface area (Å²) in [4.78, 5) is 12.8. The Balaban J connectivity index is 1.67. The molecular weight excluding hydrogens is 264 g/mol. The number of fused-ring (bicyclic) bond motifs is 2. The number of Topliss-reactive ketones (excluding diaryl/α,β-unsaturated/α-hetero) is 1. The molecule has 2 aliphatic heterocycles. The molecule has 0 amide bonds. The molecule has 0 saturated carbocycles. The summed E-state index contributed by atoms with van der Waals surface area (Å²) in [6.07, 6.45) is 1.99. The first-order valence-electron chi connectivity index (χ1n) is 7.34. The van der Waals surface area contributed by atoms with Crippen molar-refractivity contribution in [1.29, 1.82) is 0 Å². The van der Waals surface area contributed by atoms with E-state index in [0.717, 1.165) is 47.6 Å². The van der Waals surface area contributed by atoms with Gasteiger partial charge in [0, 0.05) is 11.1 Å². The van der Waals surface area contributed by atoms with Crippen molar-refractivity contribution in [2.24, 2.45) is 0 Å². The van der Waals surface area contributed by atoms with Crippen molar-refractivity contribution in [2.75, 3.05) is 13.2 Å². The molecule has 21 heavy (non-hydrogen) atoms. The van der Waals surface area contributed by atoms with Crippen LogP contribution >= 0.6 is 0 Å². The van der Waals surface area contributed by atoms with Gasteiger partial charge in [0.15, 0.2) is 5.78 Å². The van der Waals surface area contributed by atoms with Gasteiger partial charge in [0.1, 0.15) is 18.1 Å². The molecule has 0 fully saturated rings. The first-order valence-corrected chi connectivity index (χ1v) is 7.34. The second kappa shape index (κ2) is 4.92. The van der Waals surface area contributed by atoms with Crippen molar-refractivity contribution >= 4 is 5.78 Å². The third-order valence-electron chi connectivity index (χ3n) is 4.21. The minimum atomic E-state index is -0.191. The quantitative estimate of drug-likeness (QED) is 0.791. The third-order valence-corrected chi connectivity index (χ3v) is 4.21. The average molecular weight is 280 g/mol. The second-order valence-corrected chi connectivity index (χ2v) is 5.54. The molecule has 0 saturated heterocycles. The highest BCUT2D eigenvalue weighted by Gasteiger charge is 2.31. The molecule has 2 heterocycles. The van der Waals surface area contributed by atoms with Gasteiger partial charge < -0.3 is 9.47 Å². The Morgan fingerprint density at radius 2 is 1.95 bits per heavy atom. The molecule has 0 aromatic heterocycles. The van der Waals surface area contributed by atoms with Gasteiger partial charge in [-0.3, -0.25) is 4.79 Å². The number of ether oxygens (including phenoxy) is 2. The molecule has 2 aromatic rings. The Hall–Kier alpha value is -2.29. The van der Waals surface area contributed by atoms with Crippen LogP contribution in [0.15, 0.2) is 42.5 Å². The lowest BCUT2D eigenvalue weighted by molar-refractivity contribution is 0.0947. The molecule has 4 rings (SSSR count). The number of rotatable bonds is 2. The number of hydrogen-bond donors (Lipinski definition) is 0. The molecule has 106 valence electrons. The first kappa shape index (κ1) is 12.5. The van der Waals surface area contributed by atoms with E-state index in [1.54, 1.807) is 0 Å². The zero-order valence-corrected chi connectivity index (χ0v) is 11.7. The summed E-state index contributed by atoms with van der Waals surface area (Å²) in [5, 5.41) is 0. The summed E-state index contributed by atoms with van der Waals surface area (Å²) in [6, 6.07) is 13.6. The SMILES string of the molecule is O=C(c1ccc2c(c1)CCCO2)C1COc2ccccc21. The van der Waals surface area contributed by atoms with Crippen LogP contribution in [0.3, 0.4) is 0 Å². The van der Waals surface area contributed by atoms with Crippen LogP contribution in [0.4, 0.5) is 0 Å². The summed E-state index contributed by atoms with van der Waals surface area (Å²) in [5.74, 6) is 1.69. The van der Waals surface area contributed by atoms with Crippen molar-refractivity contribution in [3.63, 3.8) is 0 Å². The molecule has 1 atom stereocenters. The van der Waals surface area contributed by atoms with Gasteiger partial charge in [0.25, 0.3) is 0 Å². The Labute approximate surface area is 123 Å². The van der Waals surface area contributed by atoms with Crippen LogP contribution in [-0.2, 0) is 6.42 Å². The van der Waals surface area contributed by atoms with Gasteiger partial charge in [-0.05, 0) is 42.7 Å². The summed E-state index contributed by atoms with van der Waals surface area (Å²) in [7, 11) is 0. The lowest BCUT2D eigenvalue weighted by Crippen LogP contribution is -2.16. The number of benzene rings is 2. The predicted octanol–water partition coefficient (Wildman–Crippen LogP) is 3.37. The number of carbonyl (C=O) groups excluding carboxylic acids is 1. The fourth-order valence-electron chi connectivity index (χ4n) is 3.09. The van der Waals surface area contributed by atoms with Crippen molar-refractivity contribution < 1.29 is 14.3 Å². The Bertz CT molecular complexity index is 705. The van der Waals surface area contributed by atoms with Crippen molar-refractivity contribution in [3.05, 3.63) is 59.2 Å². The molecule has 0 N–H and O–H groups in total. The maximum absolute atomic E-state index is 12.8. The zero-order valence-electron chi connectivity index (χ0n) is 11.7. The fraction of sp³-hybridized carbons (Fsp3) is 0.278. The van der Waals surface area contributed by atoms with Crippen LogP contribution < -0.4 is 9.47 Å². The molecule has 0 radical (unpaired) electrons. The van der Waals surface area contributed by atoms with E-state index >= 15 is 0 Å². The molecule has 0 aliphatic carbocycles. The van der Waals surface area contributed by atoms with Crippen LogP contribution in [0, 0.1) is 0 Å².